The maximum Gasteiger partial charge on any atom is 0.259 e. The Morgan fingerprint density at radius 3 is 2.54 bits per heavy atom. The van der Waals surface area contributed by atoms with E-state index in [4.69, 9.17) is 27.5 Å². The number of pyridine rings is 1. The Kier molecular flexibility index (Phi) is 10.7. The molecule has 0 fully saturated rings. The minimum Gasteiger partial charge on any atom is -0.478 e. The van der Waals surface area contributed by atoms with E-state index in [1.54, 1.807) is 29.2 Å². The van der Waals surface area contributed by atoms with Crippen LogP contribution >= 0.6 is 11.6 Å². The number of amidine groups is 1. The summed E-state index contributed by atoms with van der Waals surface area (Å²) in [5.41, 5.74) is 8.09. The molecule has 0 aliphatic heterocycles. The minimum atomic E-state index is -0.344. The maximum atomic E-state index is 13.2. The monoisotopic (exact) mass is 523 g/mol. The molecule has 0 aliphatic rings. The molecule has 0 aliphatic carbocycles. The summed E-state index contributed by atoms with van der Waals surface area (Å²) in [5.74, 6) is 1.02. The van der Waals surface area contributed by atoms with Crippen LogP contribution in [0.15, 0.2) is 60.8 Å². The molecular weight excluding hydrogens is 490 g/mol. The number of aromatic nitrogens is 1. The van der Waals surface area contributed by atoms with E-state index in [2.05, 4.69) is 20.9 Å². The van der Waals surface area contributed by atoms with E-state index in [9.17, 15) is 4.79 Å². The van der Waals surface area contributed by atoms with Crippen LogP contribution in [0.4, 0.5) is 17.2 Å². The van der Waals surface area contributed by atoms with Crippen LogP contribution in [0.3, 0.4) is 0 Å². The van der Waals surface area contributed by atoms with Gasteiger partial charge >= 0.3 is 0 Å². The Labute approximate surface area is 222 Å². The van der Waals surface area contributed by atoms with Crippen LogP contribution in [-0.4, -0.2) is 55.5 Å². The fourth-order valence-electron chi connectivity index (χ4n) is 3.45. The van der Waals surface area contributed by atoms with Gasteiger partial charge in [-0.1, -0.05) is 18.0 Å². The number of nitrogens with zero attached hydrogens (tertiary/aromatic N) is 2. The molecule has 9 nitrogen and oxygen atoms in total. The van der Waals surface area contributed by atoms with Crippen molar-refractivity contribution >= 4 is 40.5 Å². The number of amides is 1. The molecule has 196 valence electrons. The fourth-order valence-corrected chi connectivity index (χ4v) is 3.56. The average Bonchev–Trinajstić information content (AvgIpc) is 2.90. The van der Waals surface area contributed by atoms with Gasteiger partial charge in [0, 0.05) is 31.5 Å². The van der Waals surface area contributed by atoms with Crippen LogP contribution in [0.5, 0.6) is 5.75 Å². The van der Waals surface area contributed by atoms with Crippen LogP contribution < -0.4 is 26.4 Å². The van der Waals surface area contributed by atoms with Gasteiger partial charge in [0.05, 0.1) is 16.3 Å². The molecule has 0 saturated carbocycles. The Hall–Kier alpha value is -3.66. The van der Waals surface area contributed by atoms with Crippen molar-refractivity contribution in [1.29, 1.82) is 5.41 Å². The van der Waals surface area contributed by atoms with Crippen molar-refractivity contribution in [3.8, 4) is 5.75 Å². The number of hydrogen-bond donors (Lipinski definition) is 5. The summed E-state index contributed by atoms with van der Waals surface area (Å²) in [6.45, 7) is 1.86. The maximum absolute atomic E-state index is 13.2. The quantitative estimate of drug-likeness (QED) is 0.0952. The largest absolute Gasteiger partial charge is 0.478 e. The second kappa shape index (κ2) is 14.2. The van der Waals surface area contributed by atoms with E-state index in [-0.39, 0.29) is 5.91 Å². The number of anilines is 3. The van der Waals surface area contributed by atoms with Crippen LogP contribution in [-0.2, 0) is 0 Å². The van der Waals surface area contributed by atoms with Gasteiger partial charge in [-0.05, 0) is 80.5 Å². The standard InChI is InChI=1S/C27H34ClN7O2/c1-35(2)26(30)19-6-9-21(10-7-19)33-24-12-11-22(37-18-31-15-5-3-4-14-29)16-23(24)27(36)34-25-13-8-20(28)17-32-25/h6-13,16-17,30-31,33H,3-5,14-15,18,29H2,1-2H3,(H,32,34,36). The molecule has 1 heterocycles. The lowest BCUT2D eigenvalue weighted by atomic mass is 10.1. The Bertz CT molecular complexity index is 1170. The summed E-state index contributed by atoms with van der Waals surface area (Å²) in [5, 5.41) is 18.0. The second-order valence-electron chi connectivity index (χ2n) is 8.61. The molecule has 2 aromatic carbocycles. The van der Waals surface area contributed by atoms with Gasteiger partial charge in [-0.15, -0.1) is 0 Å². The van der Waals surface area contributed by atoms with Crippen LogP contribution in [0.1, 0.15) is 35.2 Å². The molecule has 1 aromatic heterocycles. The molecule has 0 radical (unpaired) electrons. The molecule has 37 heavy (non-hydrogen) atoms. The number of ether oxygens (including phenoxy) is 1. The molecule has 0 bridgehead atoms. The van der Waals surface area contributed by atoms with Crippen LogP contribution in [0, 0.1) is 5.41 Å². The number of carbonyl (C=O) groups is 1. The van der Waals surface area contributed by atoms with Crippen molar-refractivity contribution in [1.82, 2.24) is 15.2 Å². The normalized spacial score (nSPS) is 10.6. The second-order valence-corrected chi connectivity index (χ2v) is 9.04. The first-order valence-electron chi connectivity index (χ1n) is 12.1. The third-order valence-electron chi connectivity index (χ3n) is 5.49. The number of nitrogens with one attached hydrogen (secondary N) is 4. The molecule has 0 spiro atoms. The molecule has 0 atom stereocenters. The lowest BCUT2D eigenvalue weighted by Crippen LogP contribution is -2.22. The molecular formula is C27H34ClN7O2. The summed E-state index contributed by atoms with van der Waals surface area (Å²) in [7, 11) is 3.66. The molecule has 3 rings (SSSR count). The van der Waals surface area contributed by atoms with Gasteiger partial charge in [-0.2, -0.15) is 0 Å². The Balaban J connectivity index is 1.75. The van der Waals surface area contributed by atoms with Gasteiger partial charge in [-0.3, -0.25) is 15.5 Å². The summed E-state index contributed by atoms with van der Waals surface area (Å²) >= 11 is 5.92. The van der Waals surface area contributed by atoms with E-state index in [1.165, 1.54) is 6.20 Å². The highest BCUT2D eigenvalue weighted by Crippen LogP contribution is 2.27. The number of benzene rings is 2. The van der Waals surface area contributed by atoms with Gasteiger partial charge in [0.15, 0.2) is 0 Å². The third-order valence-corrected chi connectivity index (χ3v) is 5.71. The van der Waals surface area contributed by atoms with Gasteiger partial charge in [0.25, 0.3) is 5.91 Å². The molecule has 10 heteroatoms. The van der Waals surface area contributed by atoms with Gasteiger partial charge < -0.3 is 26.0 Å². The fraction of sp³-hybridized carbons (Fsp3) is 0.296. The zero-order valence-corrected chi connectivity index (χ0v) is 21.9. The Morgan fingerprint density at radius 1 is 1.08 bits per heavy atom. The average molecular weight is 524 g/mol. The van der Waals surface area contributed by atoms with Gasteiger partial charge in [-0.25, -0.2) is 4.98 Å². The first-order valence-corrected chi connectivity index (χ1v) is 12.5. The van der Waals surface area contributed by atoms with Crippen molar-refractivity contribution in [3.05, 3.63) is 76.9 Å². The summed E-state index contributed by atoms with van der Waals surface area (Å²) in [4.78, 5) is 19.1. The van der Waals surface area contributed by atoms with Gasteiger partial charge in [0.1, 0.15) is 24.1 Å². The first kappa shape index (κ1) is 27.9. The summed E-state index contributed by atoms with van der Waals surface area (Å²) in [6.07, 6.45) is 4.59. The summed E-state index contributed by atoms with van der Waals surface area (Å²) in [6, 6.07) is 16.1. The molecule has 0 unspecified atom stereocenters. The first-order chi connectivity index (χ1) is 17.9. The third kappa shape index (κ3) is 8.75. The highest BCUT2D eigenvalue weighted by molar-refractivity contribution is 6.30. The van der Waals surface area contributed by atoms with E-state index in [1.807, 2.05) is 44.4 Å². The van der Waals surface area contributed by atoms with Crippen LogP contribution in [0.2, 0.25) is 5.02 Å². The van der Waals surface area contributed by atoms with Crippen molar-refractivity contribution in [3.63, 3.8) is 0 Å². The SMILES string of the molecule is CN(C)C(=N)c1ccc(Nc2ccc(OCNCCCCCN)cc2C(=O)Nc2ccc(Cl)cn2)cc1. The lowest BCUT2D eigenvalue weighted by Gasteiger charge is -2.16. The number of halogens is 1. The highest BCUT2D eigenvalue weighted by Gasteiger charge is 2.15. The number of hydrogen-bond acceptors (Lipinski definition) is 7. The number of carbonyl (C=O) groups excluding carboxylic acids is 1. The zero-order chi connectivity index (χ0) is 26.6. The van der Waals surface area contributed by atoms with Crippen LogP contribution in [0.25, 0.3) is 0 Å². The summed E-state index contributed by atoms with van der Waals surface area (Å²) < 4.78 is 5.83. The minimum absolute atomic E-state index is 0.328. The molecule has 1 amide bonds. The van der Waals surface area contributed by atoms with E-state index >= 15 is 0 Å². The van der Waals surface area contributed by atoms with E-state index in [0.29, 0.717) is 47.0 Å². The molecule has 3 aromatic rings. The smallest absolute Gasteiger partial charge is 0.259 e. The topological polar surface area (TPSA) is 128 Å². The van der Waals surface area contributed by atoms with Crippen molar-refractivity contribution in [2.24, 2.45) is 5.73 Å². The number of unbranched alkanes of at least 4 members (excludes halogenated alkanes) is 2. The van der Waals surface area contributed by atoms with E-state index < -0.39 is 0 Å². The highest BCUT2D eigenvalue weighted by atomic mass is 35.5. The zero-order valence-electron chi connectivity index (χ0n) is 21.2. The van der Waals surface area contributed by atoms with Crippen molar-refractivity contribution < 1.29 is 9.53 Å². The molecule has 6 N–H and O–H groups in total. The van der Waals surface area contributed by atoms with Gasteiger partial charge in [0.2, 0.25) is 0 Å². The number of nitrogens with two attached hydrogens (primary N) is 1. The lowest BCUT2D eigenvalue weighted by molar-refractivity contribution is 0.102. The predicted octanol–water partition coefficient (Wildman–Crippen LogP) is 4.67. The molecule has 0 saturated heterocycles. The van der Waals surface area contributed by atoms with Crippen molar-refractivity contribution in [2.45, 2.75) is 19.3 Å². The predicted molar refractivity (Wildman–Crippen MR) is 150 cm³/mol. The van der Waals surface area contributed by atoms with E-state index in [0.717, 1.165) is 37.1 Å². The number of rotatable bonds is 13. The van der Waals surface area contributed by atoms with Crippen molar-refractivity contribution in [2.75, 3.05) is 44.5 Å². The Morgan fingerprint density at radius 2 is 1.86 bits per heavy atom.